The van der Waals surface area contributed by atoms with E-state index in [0.29, 0.717) is 15.4 Å². The SMILES string of the molecule is CCOC(=O)c1sc(NC(=O)c2cc(Cl)ccc2[N+](=O)[O-])cc1C. The molecule has 1 aromatic heterocycles. The van der Waals surface area contributed by atoms with Gasteiger partial charge in [0, 0.05) is 11.1 Å². The second-order valence-corrected chi connectivity index (χ2v) is 6.20. The summed E-state index contributed by atoms with van der Waals surface area (Å²) < 4.78 is 4.93. The number of benzene rings is 1. The molecule has 2 rings (SSSR count). The van der Waals surface area contributed by atoms with Crippen LogP contribution in [0.4, 0.5) is 10.7 Å². The van der Waals surface area contributed by atoms with Crippen molar-refractivity contribution in [1.29, 1.82) is 0 Å². The number of amides is 1. The fourth-order valence-corrected chi connectivity index (χ4v) is 3.11. The van der Waals surface area contributed by atoms with Crippen molar-refractivity contribution in [1.82, 2.24) is 0 Å². The van der Waals surface area contributed by atoms with Crippen molar-refractivity contribution < 1.29 is 19.2 Å². The molecule has 9 heteroatoms. The van der Waals surface area contributed by atoms with Crippen LogP contribution in [-0.4, -0.2) is 23.4 Å². The third-order valence-corrected chi connectivity index (χ3v) is 4.38. The molecule has 0 spiro atoms. The van der Waals surface area contributed by atoms with Gasteiger partial charge in [-0.2, -0.15) is 0 Å². The van der Waals surface area contributed by atoms with Crippen LogP contribution < -0.4 is 5.32 Å². The Hall–Kier alpha value is -2.45. The number of halogens is 1. The maximum Gasteiger partial charge on any atom is 0.348 e. The number of anilines is 1. The number of esters is 1. The maximum absolute atomic E-state index is 12.3. The monoisotopic (exact) mass is 368 g/mol. The first kappa shape index (κ1) is 17.9. The number of nitro benzene ring substituents is 1. The van der Waals surface area contributed by atoms with E-state index in [1.807, 2.05) is 0 Å². The Kier molecular flexibility index (Phi) is 5.53. The lowest BCUT2D eigenvalue weighted by atomic mass is 10.1. The first-order chi connectivity index (χ1) is 11.3. The fourth-order valence-electron chi connectivity index (χ4n) is 1.97. The number of nitrogens with one attached hydrogen (secondary N) is 1. The Labute approximate surface area is 146 Å². The minimum atomic E-state index is -0.680. The summed E-state index contributed by atoms with van der Waals surface area (Å²) in [5.74, 6) is -1.16. The summed E-state index contributed by atoms with van der Waals surface area (Å²) in [6.45, 7) is 3.65. The Morgan fingerprint density at radius 2 is 2.08 bits per heavy atom. The van der Waals surface area contributed by atoms with Crippen LogP contribution >= 0.6 is 22.9 Å². The van der Waals surface area contributed by atoms with Crippen molar-refractivity contribution in [3.05, 3.63) is 55.4 Å². The van der Waals surface area contributed by atoms with E-state index < -0.39 is 16.8 Å². The minimum Gasteiger partial charge on any atom is -0.462 e. The number of nitrogens with zero attached hydrogens (tertiary/aromatic N) is 1. The predicted octanol–water partition coefficient (Wildman–Crippen LogP) is 4.05. The number of carbonyl (C=O) groups excluding carboxylic acids is 2. The maximum atomic E-state index is 12.3. The zero-order valence-electron chi connectivity index (χ0n) is 12.8. The molecule has 126 valence electrons. The highest BCUT2D eigenvalue weighted by Gasteiger charge is 2.22. The van der Waals surface area contributed by atoms with Gasteiger partial charge in [-0.15, -0.1) is 11.3 Å². The number of nitro groups is 1. The topological polar surface area (TPSA) is 98.5 Å². The van der Waals surface area contributed by atoms with Gasteiger partial charge in [0.1, 0.15) is 10.4 Å². The van der Waals surface area contributed by atoms with Crippen LogP contribution in [0, 0.1) is 17.0 Å². The first-order valence-electron chi connectivity index (χ1n) is 6.86. The Bertz CT molecular complexity index is 818. The summed E-state index contributed by atoms with van der Waals surface area (Å²) in [4.78, 5) is 34.9. The molecule has 1 heterocycles. The molecule has 0 radical (unpaired) electrons. The van der Waals surface area contributed by atoms with E-state index in [1.165, 1.54) is 18.2 Å². The first-order valence-corrected chi connectivity index (χ1v) is 8.05. The van der Waals surface area contributed by atoms with Gasteiger partial charge in [0.2, 0.25) is 0 Å². The molecule has 0 bridgehead atoms. The summed E-state index contributed by atoms with van der Waals surface area (Å²) in [6.07, 6.45) is 0. The van der Waals surface area contributed by atoms with Gasteiger partial charge in [-0.05, 0) is 37.6 Å². The van der Waals surface area contributed by atoms with Crippen LogP contribution in [0.3, 0.4) is 0 Å². The summed E-state index contributed by atoms with van der Waals surface area (Å²) in [6, 6.07) is 5.33. The van der Waals surface area contributed by atoms with Gasteiger partial charge in [-0.25, -0.2) is 4.79 Å². The molecule has 0 saturated heterocycles. The highest BCUT2D eigenvalue weighted by molar-refractivity contribution is 7.18. The van der Waals surface area contributed by atoms with Crippen LogP contribution in [0.5, 0.6) is 0 Å². The smallest absolute Gasteiger partial charge is 0.348 e. The second kappa shape index (κ2) is 7.41. The van der Waals surface area contributed by atoms with E-state index in [9.17, 15) is 19.7 Å². The summed E-state index contributed by atoms with van der Waals surface area (Å²) in [5.41, 5.74) is 0.140. The molecular weight excluding hydrogens is 356 g/mol. The summed E-state index contributed by atoms with van der Waals surface area (Å²) >= 11 is 6.85. The van der Waals surface area contributed by atoms with Crippen molar-refractivity contribution in [2.45, 2.75) is 13.8 Å². The highest BCUT2D eigenvalue weighted by Crippen LogP contribution is 2.29. The van der Waals surface area contributed by atoms with Gasteiger partial charge in [0.05, 0.1) is 16.5 Å². The highest BCUT2D eigenvalue weighted by atomic mass is 35.5. The zero-order valence-corrected chi connectivity index (χ0v) is 14.4. The molecule has 2 aromatic rings. The average molecular weight is 369 g/mol. The standard InChI is InChI=1S/C15H13ClN2O5S/c1-3-23-15(20)13-8(2)6-12(24-13)17-14(19)10-7-9(16)4-5-11(10)18(21)22/h4-7H,3H2,1-2H3,(H,17,19). The predicted molar refractivity (Wildman–Crippen MR) is 91.1 cm³/mol. The van der Waals surface area contributed by atoms with Crippen LogP contribution in [0.25, 0.3) is 0 Å². The zero-order chi connectivity index (χ0) is 17.9. The van der Waals surface area contributed by atoms with Gasteiger partial charge in [0.15, 0.2) is 0 Å². The van der Waals surface area contributed by atoms with Gasteiger partial charge >= 0.3 is 5.97 Å². The van der Waals surface area contributed by atoms with Gasteiger partial charge in [-0.3, -0.25) is 14.9 Å². The van der Waals surface area contributed by atoms with Crippen molar-refractivity contribution in [2.75, 3.05) is 11.9 Å². The number of thiophene rings is 1. The molecule has 0 saturated carbocycles. The number of aryl methyl sites for hydroxylation is 1. The third kappa shape index (κ3) is 3.90. The number of ether oxygens (including phenoxy) is 1. The van der Waals surface area contributed by atoms with Crippen LogP contribution in [0.15, 0.2) is 24.3 Å². The lowest BCUT2D eigenvalue weighted by molar-refractivity contribution is -0.385. The minimum absolute atomic E-state index is 0.156. The molecule has 0 atom stereocenters. The lowest BCUT2D eigenvalue weighted by Crippen LogP contribution is -2.13. The van der Waals surface area contributed by atoms with Crippen LogP contribution in [-0.2, 0) is 4.74 Å². The van der Waals surface area contributed by atoms with Gasteiger partial charge in [0.25, 0.3) is 11.6 Å². The molecule has 1 amide bonds. The number of carbonyl (C=O) groups is 2. The van der Waals surface area contributed by atoms with Crippen LogP contribution in [0.1, 0.15) is 32.5 Å². The van der Waals surface area contributed by atoms with Crippen molar-refractivity contribution in [3.63, 3.8) is 0 Å². The quantitative estimate of drug-likeness (QED) is 0.487. The average Bonchev–Trinajstić information content (AvgIpc) is 2.87. The molecule has 24 heavy (non-hydrogen) atoms. The van der Waals surface area contributed by atoms with E-state index >= 15 is 0 Å². The summed E-state index contributed by atoms with van der Waals surface area (Å²) in [7, 11) is 0. The molecule has 0 aliphatic carbocycles. The molecule has 0 aliphatic rings. The molecule has 1 N–H and O–H groups in total. The van der Waals surface area contributed by atoms with Crippen LogP contribution in [0.2, 0.25) is 5.02 Å². The van der Waals surface area contributed by atoms with Crippen molar-refractivity contribution in [2.24, 2.45) is 0 Å². The van der Waals surface area contributed by atoms with E-state index in [0.717, 1.165) is 11.3 Å². The Morgan fingerprint density at radius 3 is 2.71 bits per heavy atom. The van der Waals surface area contributed by atoms with E-state index in [4.69, 9.17) is 16.3 Å². The van der Waals surface area contributed by atoms with E-state index in [1.54, 1.807) is 19.9 Å². The fraction of sp³-hybridized carbons (Fsp3) is 0.200. The van der Waals surface area contributed by atoms with Gasteiger partial charge < -0.3 is 10.1 Å². The normalized spacial score (nSPS) is 10.3. The third-order valence-electron chi connectivity index (χ3n) is 3.02. The molecule has 0 unspecified atom stereocenters. The Balaban J connectivity index is 2.28. The Morgan fingerprint density at radius 1 is 1.38 bits per heavy atom. The second-order valence-electron chi connectivity index (χ2n) is 4.72. The molecule has 0 fully saturated rings. The van der Waals surface area contributed by atoms with Crippen molar-refractivity contribution in [3.8, 4) is 0 Å². The largest absolute Gasteiger partial charge is 0.462 e. The van der Waals surface area contributed by atoms with E-state index in [-0.39, 0.29) is 22.9 Å². The number of rotatable bonds is 5. The van der Waals surface area contributed by atoms with Crippen molar-refractivity contribution >= 4 is 45.5 Å². The number of hydrogen-bond donors (Lipinski definition) is 1. The van der Waals surface area contributed by atoms with Gasteiger partial charge in [-0.1, -0.05) is 11.6 Å². The lowest BCUT2D eigenvalue weighted by Gasteiger charge is -2.04. The molecular formula is C15H13ClN2O5S. The summed E-state index contributed by atoms with van der Waals surface area (Å²) in [5, 5.41) is 14.2. The van der Waals surface area contributed by atoms with E-state index in [2.05, 4.69) is 5.32 Å². The molecule has 0 aliphatic heterocycles. The molecule has 7 nitrogen and oxygen atoms in total. The molecule has 1 aromatic carbocycles. The number of hydrogen-bond acceptors (Lipinski definition) is 6.